The van der Waals surface area contributed by atoms with Gasteiger partial charge in [0.05, 0.1) is 30.2 Å². The van der Waals surface area contributed by atoms with Crippen molar-refractivity contribution in [2.75, 3.05) is 26.8 Å². The summed E-state index contributed by atoms with van der Waals surface area (Å²) in [6, 6.07) is 2.35. The molecule has 4 rings (SSSR count). The van der Waals surface area contributed by atoms with Crippen molar-refractivity contribution in [3.63, 3.8) is 0 Å². The topological polar surface area (TPSA) is 290 Å². The molecule has 386 valence electrons. The lowest BCUT2D eigenvalue weighted by molar-refractivity contribution is -0.384. The second-order valence-corrected chi connectivity index (χ2v) is 19.9. The number of carboxylic acids is 1. The van der Waals surface area contributed by atoms with Crippen LogP contribution in [0.25, 0.3) is 0 Å². The number of aryl methyl sites for hydroxylation is 2. The van der Waals surface area contributed by atoms with E-state index in [0.29, 0.717) is 12.8 Å². The smallest absolute Gasteiger partial charge is 0.335 e. The van der Waals surface area contributed by atoms with Crippen molar-refractivity contribution < 1.29 is 62.7 Å². The molecule has 5 N–H and O–H groups in total. The predicted molar refractivity (Wildman–Crippen MR) is 258 cm³/mol. The third-order valence-corrected chi connectivity index (χ3v) is 12.4. The molecule has 6 amide bonds. The Kier molecular flexibility index (Phi) is 19.1. The van der Waals surface area contributed by atoms with E-state index < -0.39 is 123 Å². The summed E-state index contributed by atoms with van der Waals surface area (Å²) in [7, 11) is 1.16. The number of nitro groups is 1. The number of ketones is 1. The summed E-state index contributed by atoms with van der Waals surface area (Å²) in [5.41, 5.74) is -2.20. The van der Waals surface area contributed by atoms with Crippen LogP contribution in [-0.4, -0.2) is 136 Å². The summed E-state index contributed by atoms with van der Waals surface area (Å²) < 4.78 is 10.7. The Morgan fingerprint density at radius 1 is 0.944 bits per heavy atom. The van der Waals surface area contributed by atoms with Gasteiger partial charge in [-0.15, -0.1) is 0 Å². The average molecular weight is 990 g/mol. The van der Waals surface area contributed by atoms with Gasteiger partial charge in [0.25, 0.3) is 11.6 Å². The number of aromatic carboxylic acids is 1. The van der Waals surface area contributed by atoms with Gasteiger partial charge in [-0.1, -0.05) is 58.9 Å². The molecule has 2 heterocycles. The van der Waals surface area contributed by atoms with Gasteiger partial charge in [0.15, 0.2) is 5.78 Å². The highest BCUT2D eigenvalue weighted by atomic mass is 16.6. The first-order chi connectivity index (χ1) is 33.2. The van der Waals surface area contributed by atoms with Crippen molar-refractivity contribution in [3.8, 4) is 5.75 Å². The Labute approximate surface area is 413 Å². The normalized spacial score (nSPS) is 18.6. The van der Waals surface area contributed by atoms with Crippen molar-refractivity contribution in [1.29, 1.82) is 0 Å². The Morgan fingerprint density at radius 3 is 2.18 bits per heavy atom. The molecular weight excluding hydrogens is 923 g/mol. The number of amides is 6. The summed E-state index contributed by atoms with van der Waals surface area (Å²) in [6.07, 6.45) is 2.86. The zero-order valence-corrected chi connectivity index (χ0v) is 42.0. The van der Waals surface area contributed by atoms with Gasteiger partial charge < -0.3 is 45.6 Å². The lowest BCUT2D eigenvalue weighted by Gasteiger charge is -2.38. The SMILES string of the molecule is COC(=O)/C=C/CC[C@H](NC(=O)c1cc(C(=O)O)cc([N+](=O)[O-])c1)C(=O)N[C@H](C(=O)N1CC(=O)C[C@H]1C(=O)N[C@@H](CC(C)C)C(=O)N1CCC[C@@]1(C)C(=O)NC(C)COc1c(C)cccc1C)C(C)(C)C. The van der Waals surface area contributed by atoms with Crippen molar-refractivity contribution >= 4 is 58.9 Å². The maximum atomic E-state index is 14.6. The molecular formula is C50H67N7O14. The van der Waals surface area contributed by atoms with Crippen LogP contribution >= 0.6 is 0 Å². The van der Waals surface area contributed by atoms with Crippen LogP contribution in [0.5, 0.6) is 5.75 Å². The zero-order valence-electron chi connectivity index (χ0n) is 42.0. The van der Waals surface area contributed by atoms with E-state index in [-0.39, 0.29) is 44.2 Å². The molecule has 2 aliphatic rings. The highest BCUT2D eigenvalue weighted by Crippen LogP contribution is 2.32. The molecule has 0 radical (unpaired) electrons. The lowest BCUT2D eigenvalue weighted by atomic mass is 9.85. The third kappa shape index (κ3) is 14.7. The molecule has 0 bridgehead atoms. The van der Waals surface area contributed by atoms with Crippen molar-refractivity contribution in [2.45, 2.75) is 137 Å². The Morgan fingerprint density at radius 2 is 1.59 bits per heavy atom. The Hall–Kier alpha value is -7.19. The molecule has 0 saturated carbocycles. The lowest BCUT2D eigenvalue weighted by Crippen LogP contribution is -2.63. The molecule has 71 heavy (non-hydrogen) atoms. The number of carbonyl (C=O) groups is 9. The molecule has 2 aliphatic heterocycles. The highest BCUT2D eigenvalue weighted by molar-refractivity contribution is 6.04. The number of ether oxygens (including phenoxy) is 2. The number of carbonyl (C=O) groups excluding carboxylic acids is 8. The number of benzene rings is 2. The Balaban J connectivity index is 1.56. The quantitative estimate of drug-likeness (QED) is 0.0516. The van der Waals surface area contributed by atoms with Crippen LogP contribution in [0.2, 0.25) is 0 Å². The van der Waals surface area contributed by atoms with Gasteiger partial charge in [-0.3, -0.25) is 43.7 Å². The second-order valence-electron chi connectivity index (χ2n) is 19.9. The maximum Gasteiger partial charge on any atom is 0.335 e. The van der Waals surface area contributed by atoms with E-state index in [4.69, 9.17) is 4.74 Å². The molecule has 21 nitrogen and oxygen atoms in total. The summed E-state index contributed by atoms with van der Waals surface area (Å²) >= 11 is 0. The van der Waals surface area contributed by atoms with Gasteiger partial charge in [-0.05, 0) is 88.3 Å². The average Bonchev–Trinajstić information content (AvgIpc) is 3.90. The first kappa shape index (κ1) is 56.4. The first-order valence-electron chi connectivity index (χ1n) is 23.5. The minimum atomic E-state index is -1.55. The summed E-state index contributed by atoms with van der Waals surface area (Å²) in [4.78, 5) is 135. The van der Waals surface area contributed by atoms with Crippen LogP contribution in [0.4, 0.5) is 5.69 Å². The van der Waals surface area contributed by atoms with Crippen molar-refractivity contribution in [3.05, 3.63) is 80.9 Å². The van der Waals surface area contributed by atoms with Gasteiger partial charge in [0.1, 0.15) is 42.1 Å². The monoisotopic (exact) mass is 989 g/mol. The van der Waals surface area contributed by atoms with Crippen LogP contribution in [0.3, 0.4) is 0 Å². The number of carboxylic acid groups (broad SMARTS) is 1. The minimum Gasteiger partial charge on any atom is -0.491 e. The minimum absolute atomic E-state index is 0.0143. The first-order valence-corrected chi connectivity index (χ1v) is 23.5. The number of allylic oxidation sites excluding steroid dienone is 1. The van der Waals surface area contributed by atoms with E-state index in [1.54, 1.807) is 34.6 Å². The molecule has 0 aliphatic carbocycles. The van der Waals surface area contributed by atoms with E-state index in [2.05, 4.69) is 26.0 Å². The molecule has 2 fully saturated rings. The maximum absolute atomic E-state index is 14.6. The number of nitrogens with one attached hydrogen (secondary N) is 4. The number of hydrogen-bond acceptors (Lipinski definition) is 13. The molecule has 21 heteroatoms. The van der Waals surface area contributed by atoms with E-state index in [1.807, 2.05) is 45.9 Å². The molecule has 2 aromatic carbocycles. The third-order valence-electron chi connectivity index (χ3n) is 12.4. The zero-order chi connectivity index (χ0) is 53.1. The number of Topliss-reactive ketones (excluding diaryl/α,β-unsaturated/α-hetero) is 1. The van der Waals surface area contributed by atoms with Crippen LogP contribution in [0, 0.1) is 35.3 Å². The Bertz CT molecular complexity index is 2380. The fourth-order valence-corrected chi connectivity index (χ4v) is 8.56. The molecule has 2 aromatic rings. The number of hydrogen-bond donors (Lipinski definition) is 5. The van der Waals surface area contributed by atoms with Gasteiger partial charge >= 0.3 is 11.9 Å². The molecule has 6 atom stereocenters. The van der Waals surface area contributed by atoms with E-state index in [0.717, 1.165) is 53.2 Å². The fraction of sp³-hybridized carbons (Fsp3) is 0.540. The fourth-order valence-electron chi connectivity index (χ4n) is 8.56. The number of para-hydroxylation sites is 1. The van der Waals surface area contributed by atoms with Gasteiger partial charge in [0.2, 0.25) is 29.5 Å². The van der Waals surface area contributed by atoms with Gasteiger partial charge in [-0.2, -0.15) is 0 Å². The number of methoxy groups -OCH3 is 1. The van der Waals surface area contributed by atoms with Gasteiger partial charge in [-0.25, -0.2) is 9.59 Å². The summed E-state index contributed by atoms with van der Waals surface area (Å²) in [5, 5.41) is 32.0. The number of esters is 1. The largest absolute Gasteiger partial charge is 0.491 e. The number of likely N-dealkylation sites (tertiary alicyclic amines) is 2. The number of non-ortho nitro benzene ring substituents is 1. The number of nitrogens with zero attached hydrogens (tertiary/aromatic N) is 3. The summed E-state index contributed by atoms with van der Waals surface area (Å²) in [6.45, 7) is 15.8. The molecule has 2 saturated heterocycles. The number of rotatable bonds is 21. The van der Waals surface area contributed by atoms with E-state index in [1.165, 1.54) is 11.0 Å². The van der Waals surface area contributed by atoms with Crippen LogP contribution in [0.15, 0.2) is 48.6 Å². The van der Waals surface area contributed by atoms with Crippen molar-refractivity contribution in [2.24, 2.45) is 11.3 Å². The highest BCUT2D eigenvalue weighted by Gasteiger charge is 2.49. The second kappa shape index (κ2) is 24.1. The number of nitro benzene ring substituents is 1. The molecule has 0 spiro atoms. The van der Waals surface area contributed by atoms with Gasteiger partial charge in [0, 0.05) is 36.7 Å². The summed E-state index contributed by atoms with van der Waals surface area (Å²) in [5.74, 6) is -6.66. The van der Waals surface area contributed by atoms with Crippen LogP contribution in [0.1, 0.15) is 119 Å². The van der Waals surface area contributed by atoms with E-state index in [9.17, 15) is 58.4 Å². The van der Waals surface area contributed by atoms with Crippen molar-refractivity contribution in [1.82, 2.24) is 31.1 Å². The molecule has 1 unspecified atom stereocenters. The van der Waals surface area contributed by atoms with E-state index >= 15 is 0 Å². The van der Waals surface area contributed by atoms with Crippen LogP contribution in [-0.2, 0) is 38.3 Å². The van der Waals surface area contributed by atoms with Crippen LogP contribution < -0.4 is 26.0 Å². The predicted octanol–water partition coefficient (Wildman–Crippen LogP) is 3.71. The molecule has 0 aromatic heterocycles. The standard InChI is InChI=1S/C50H67N7O14/c1-28(2)21-37(45(63)56-20-14-19-50(56,9)48(67)51-31(5)27-71-40-29(3)15-13-16-30(40)4)53-44(62)38-25-35(58)26-55(38)46(64)41(49(6,7)8)54-43(61)36(17-11-12-18-39(59)70-10)52-42(60)32-22-33(47(65)66)24-34(23-32)57(68)69/h12-13,15-16,18,22-24,28,31,36-38,41H,11,14,17,19-21,25-27H2,1-10H3,(H,51,67)(H,52,60)(H,53,62)(H,54,61)(H,65,66)/b18-12+/t31?,36-,37-,38-,41+,50-/m0/s1.